The number of carbonyl (C=O) groups excluding carboxylic acids is 1. The Kier molecular flexibility index (Phi) is 6.01. The van der Waals surface area contributed by atoms with Gasteiger partial charge in [0, 0.05) is 18.4 Å². The average molecular weight is 446 g/mol. The van der Waals surface area contributed by atoms with Crippen LogP contribution in [0.2, 0.25) is 0 Å². The Labute approximate surface area is 199 Å². The van der Waals surface area contributed by atoms with Gasteiger partial charge in [-0.3, -0.25) is 4.79 Å². The van der Waals surface area contributed by atoms with Gasteiger partial charge in [-0.05, 0) is 85.0 Å². The van der Waals surface area contributed by atoms with E-state index in [1.807, 2.05) is 6.07 Å². The summed E-state index contributed by atoms with van der Waals surface area (Å²) in [6, 6.07) is 18.9. The third kappa shape index (κ3) is 4.83. The molecule has 0 aliphatic heterocycles. The van der Waals surface area contributed by atoms with Gasteiger partial charge in [-0.2, -0.15) is 0 Å². The van der Waals surface area contributed by atoms with Crippen LogP contribution >= 0.6 is 0 Å². The Balaban J connectivity index is 1.23. The van der Waals surface area contributed by atoms with E-state index in [2.05, 4.69) is 74.6 Å². The summed E-state index contributed by atoms with van der Waals surface area (Å²) >= 11 is 0. The molecule has 0 spiro atoms. The van der Waals surface area contributed by atoms with E-state index in [4.69, 9.17) is 4.74 Å². The van der Waals surface area contributed by atoms with E-state index in [1.54, 1.807) is 0 Å². The maximum atomic E-state index is 13.4. The first-order valence-electron chi connectivity index (χ1n) is 12.9. The lowest BCUT2D eigenvalue weighted by Crippen LogP contribution is -2.53. The molecule has 4 fully saturated rings. The monoisotopic (exact) mass is 445 g/mol. The quantitative estimate of drug-likeness (QED) is 0.507. The van der Waals surface area contributed by atoms with Crippen molar-refractivity contribution in [3.8, 4) is 5.75 Å². The molecule has 0 aromatic heterocycles. The van der Waals surface area contributed by atoms with Crippen LogP contribution in [-0.2, 0) is 10.2 Å². The van der Waals surface area contributed by atoms with Gasteiger partial charge in [-0.25, -0.2) is 0 Å². The molecule has 33 heavy (non-hydrogen) atoms. The zero-order valence-electron chi connectivity index (χ0n) is 20.5. The Bertz CT molecular complexity index is 922. The van der Waals surface area contributed by atoms with E-state index in [-0.39, 0.29) is 16.9 Å². The molecule has 1 atom stereocenters. The SMILES string of the molecule is CC(C)(C)c1ccc(OC(CCNC(=O)C23CC4CC(CC(C4)C2)C3)c2ccccc2)cc1. The van der Waals surface area contributed by atoms with Crippen molar-refractivity contribution in [1.82, 2.24) is 5.32 Å². The molecular formula is C30H39NO2. The van der Waals surface area contributed by atoms with E-state index >= 15 is 0 Å². The molecule has 3 nitrogen and oxygen atoms in total. The first kappa shape index (κ1) is 22.5. The summed E-state index contributed by atoms with van der Waals surface area (Å²) in [5.74, 6) is 3.56. The van der Waals surface area contributed by atoms with E-state index in [0.717, 1.165) is 54.7 Å². The van der Waals surface area contributed by atoms with Gasteiger partial charge >= 0.3 is 0 Å². The highest BCUT2D eigenvalue weighted by molar-refractivity contribution is 5.83. The zero-order chi connectivity index (χ0) is 23.1. The lowest BCUT2D eigenvalue weighted by Gasteiger charge is -2.55. The van der Waals surface area contributed by atoms with Crippen molar-refractivity contribution in [1.29, 1.82) is 0 Å². The third-order valence-electron chi connectivity index (χ3n) is 8.38. The van der Waals surface area contributed by atoms with E-state index < -0.39 is 0 Å². The van der Waals surface area contributed by atoms with Crippen LogP contribution < -0.4 is 10.1 Å². The fourth-order valence-corrected chi connectivity index (χ4v) is 7.05. The second-order valence-corrected chi connectivity index (χ2v) is 12.0. The molecule has 1 amide bonds. The lowest BCUT2D eigenvalue weighted by molar-refractivity contribution is -0.146. The summed E-state index contributed by atoms with van der Waals surface area (Å²) in [6.45, 7) is 7.33. The molecule has 4 aliphatic rings. The van der Waals surface area contributed by atoms with Crippen LogP contribution in [0.1, 0.15) is 82.9 Å². The molecule has 176 valence electrons. The highest BCUT2D eigenvalue weighted by Gasteiger charge is 2.54. The first-order chi connectivity index (χ1) is 15.8. The van der Waals surface area contributed by atoms with Crippen LogP contribution in [0.25, 0.3) is 0 Å². The number of carbonyl (C=O) groups is 1. The minimum atomic E-state index is -0.0827. The van der Waals surface area contributed by atoms with Gasteiger partial charge in [0.2, 0.25) is 5.91 Å². The largest absolute Gasteiger partial charge is 0.486 e. The molecule has 2 aromatic rings. The van der Waals surface area contributed by atoms with Crippen molar-refractivity contribution in [3.05, 3.63) is 65.7 Å². The van der Waals surface area contributed by atoms with Crippen LogP contribution in [0, 0.1) is 23.2 Å². The molecular weight excluding hydrogens is 406 g/mol. The molecule has 2 aromatic carbocycles. The number of rotatable bonds is 7. The predicted octanol–water partition coefficient (Wildman–Crippen LogP) is 6.83. The smallest absolute Gasteiger partial charge is 0.226 e. The fraction of sp³-hybridized carbons (Fsp3) is 0.567. The van der Waals surface area contributed by atoms with Crippen LogP contribution in [0.5, 0.6) is 5.75 Å². The molecule has 3 heteroatoms. The molecule has 0 saturated heterocycles. The van der Waals surface area contributed by atoms with E-state index in [9.17, 15) is 4.79 Å². The van der Waals surface area contributed by atoms with Crippen molar-refractivity contribution in [2.24, 2.45) is 23.2 Å². The molecule has 1 unspecified atom stereocenters. The normalized spacial score (nSPS) is 29.0. The second-order valence-electron chi connectivity index (χ2n) is 12.0. The number of hydrogen-bond donors (Lipinski definition) is 1. The first-order valence-corrected chi connectivity index (χ1v) is 12.9. The summed E-state index contributed by atoms with van der Waals surface area (Å²) in [7, 11) is 0. The summed E-state index contributed by atoms with van der Waals surface area (Å²) in [5, 5.41) is 3.34. The molecule has 4 aliphatic carbocycles. The summed E-state index contributed by atoms with van der Waals surface area (Å²) in [5.41, 5.74) is 2.50. The minimum Gasteiger partial charge on any atom is -0.486 e. The Morgan fingerprint density at radius 1 is 0.939 bits per heavy atom. The van der Waals surface area contributed by atoms with E-state index in [0.29, 0.717) is 12.5 Å². The molecule has 6 rings (SSSR count). The predicted molar refractivity (Wildman–Crippen MR) is 133 cm³/mol. The summed E-state index contributed by atoms with van der Waals surface area (Å²) < 4.78 is 6.45. The lowest BCUT2D eigenvalue weighted by atomic mass is 9.49. The van der Waals surface area contributed by atoms with Crippen molar-refractivity contribution < 1.29 is 9.53 Å². The van der Waals surface area contributed by atoms with Gasteiger partial charge in [0.1, 0.15) is 11.9 Å². The van der Waals surface area contributed by atoms with Crippen molar-refractivity contribution >= 4 is 5.91 Å². The van der Waals surface area contributed by atoms with Crippen molar-refractivity contribution in [2.45, 2.75) is 77.2 Å². The van der Waals surface area contributed by atoms with Gasteiger partial charge in [0.15, 0.2) is 0 Å². The summed E-state index contributed by atoms with van der Waals surface area (Å²) in [4.78, 5) is 13.4. The van der Waals surface area contributed by atoms with Crippen LogP contribution in [0.15, 0.2) is 54.6 Å². The number of nitrogens with one attached hydrogen (secondary N) is 1. The topological polar surface area (TPSA) is 38.3 Å². The maximum absolute atomic E-state index is 13.4. The molecule has 0 radical (unpaired) electrons. The fourth-order valence-electron chi connectivity index (χ4n) is 7.05. The highest BCUT2D eigenvalue weighted by atomic mass is 16.5. The Morgan fingerprint density at radius 2 is 1.52 bits per heavy atom. The second kappa shape index (κ2) is 8.81. The number of benzene rings is 2. The van der Waals surface area contributed by atoms with Gasteiger partial charge in [-0.15, -0.1) is 0 Å². The third-order valence-corrected chi connectivity index (χ3v) is 8.38. The average Bonchev–Trinajstić information content (AvgIpc) is 2.78. The zero-order valence-corrected chi connectivity index (χ0v) is 20.5. The Morgan fingerprint density at radius 3 is 2.06 bits per heavy atom. The van der Waals surface area contributed by atoms with E-state index in [1.165, 1.54) is 24.8 Å². The number of hydrogen-bond acceptors (Lipinski definition) is 2. The van der Waals surface area contributed by atoms with Gasteiger partial charge in [0.05, 0.1) is 0 Å². The van der Waals surface area contributed by atoms with Gasteiger partial charge in [-0.1, -0.05) is 63.2 Å². The van der Waals surface area contributed by atoms with Crippen LogP contribution in [-0.4, -0.2) is 12.5 Å². The van der Waals surface area contributed by atoms with Crippen molar-refractivity contribution in [2.75, 3.05) is 6.54 Å². The standard InChI is InChI=1S/C30H39NO2/c1-29(2,3)25-9-11-26(12-10-25)33-27(24-7-5-4-6-8-24)13-14-31-28(32)30-18-21-15-22(19-30)17-23(16-21)20-30/h4-12,21-23,27H,13-20H2,1-3H3,(H,31,32). The molecule has 4 saturated carbocycles. The minimum absolute atomic E-state index is 0.0802. The van der Waals surface area contributed by atoms with Crippen LogP contribution in [0.3, 0.4) is 0 Å². The molecule has 1 N–H and O–H groups in total. The van der Waals surface area contributed by atoms with Crippen LogP contribution in [0.4, 0.5) is 0 Å². The molecule has 0 heterocycles. The Hall–Kier alpha value is -2.29. The highest BCUT2D eigenvalue weighted by Crippen LogP contribution is 2.60. The van der Waals surface area contributed by atoms with Gasteiger partial charge < -0.3 is 10.1 Å². The van der Waals surface area contributed by atoms with Crippen molar-refractivity contribution in [3.63, 3.8) is 0 Å². The number of ether oxygens (including phenoxy) is 1. The number of amides is 1. The summed E-state index contributed by atoms with van der Waals surface area (Å²) in [6.07, 6.45) is 8.13. The van der Waals surface area contributed by atoms with Gasteiger partial charge in [0.25, 0.3) is 0 Å². The molecule has 4 bridgehead atoms. The maximum Gasteiger partial charge on any atom is 0.226 e.